The van der Waals surface area contributed by atoms with E-state index in [9.17, 15) is 10.1 Å². The van der Waals surface area contributed by atoms with Crippen molar-refractivity contribution in [2.45, 2.75) is 13.5 Å². The van der Waals surface area contributed by atoms with Gasteiger partial charge in [0.1, 0.15) is 17.6 Å². The lowest BCUT2D eigenvalue weighted by Gasteiger charge is -2.36. The number of rotatable bonds is 6. The molecule has 1 aromatic carbocycles. The summed E-state index contributed by atoms with van der Waals surface area (Å²) >= 11 is 0. The van der Waals surface area contributed by atoms with Crippen LogP contribution in [-0.4, -0.2) is 84.7 Å². The number of aromatic nitrogens is 2. The molecule has 38 heavy (non-hydrogen) atoms. The molecule has 0 saturated carbocycles. The molecular weight excluding hydrogens is 478 g/mol. The van der Waals surface area contributed by atoms with Gasteiger partial charge < -0.3 is 24.0 Å². The second kappa shape index (κ2) is 11.2. The number of para-hydroxylation sites is 1. The van der Waals surface area contributed by atoms with Crippen molar-refractivity contribution in [2.75, 3.05) is 69.3 Å². The van der Waals surface area contributed by atoms with E-state index in [0.29, 0.717) is 19.0 Å². The Morgan fingerprint density at radius 2 is 1.68 bits per heavy atom. The van der Waals surface area contributed by atoms with Gasteiger partial charge in [-0.15, -0.1) is 0 Å². The number of hydrogen-bond acceptors (Lipinski definition) is 7. The average molecular weight is 514 g/mol. The first-order valence-electron chi connectivity index (χ1n) is 13.2. The molecule has 2 fully saturated rings. The van der Waals surface area contributed by atoms with Crippen LogP contribution in [0.5, 0.6) is 5.88 Å². The molecule has 2 aliphatic heterocycles. The fourth-order valence-corrected chi connectivity index (χ4v) is 5.35. The Bertz CT molecular complexity index is 1330. The van der Waals surface area contributed by atoms with E-state index in [4.69, 9.17) is 4.74 Å². The number of nitrogens with zero attached hydrogens (tertiary/aromatic N) is 7. The minimum atomic E-state index is 0.0815. The van der Waals surface area contributed by atoms with E-state index in [2.05, 4.69) is 38.7 Å². The molecule has 3 aromatic rings. The number of carbonyl (C=O) groups is 1. The number of hydrogen-bond donors (Lipinski definition) is 0. The highest BCUT2D eigenvalue weighted by atomic mass is 16.5. The molecular formula is C29H35N7O2. The maximum absolute atomic E-state index is 13.5. The molecule has 1 amide bonds. The molecule has 0 N–H and O–H groups in total. The van der Waals surface area contributed by atoms with E-state index in [-0.39, 0.29) is 5.91 Å². The van der Waals surface area contributed by atoms with Crippen LogP contribution in [0.3, 0.4) is 0 Å². The highest BCUT2D eigenvalue weighted by molar-refractivity contribution is 5.93. The quantitative estimate of drug-likeness (QED) is 0.501. The molecule has 2 aromatic heterocycles. The van der Waals surface area contributed by atoms with E-state index in [1.807, 2.05) is 59.0 Å². The van der Waals surface area contributed by atoms with E-state index in [1.165, 1.54) is 5.56 Å². The van der Waals surface area contributed by atoms with Gasteiger partial charge in [0.15, 0.2) is 0 Å². The van der Waals surface area contributed by atoms with Crippen molar-refractivity contribution in [3.05, 3.63) is 71.0 Å². The maximum atomic E-state index is 13.5. The Hall–Kier alpha value is -4.03. The topological polar surface area (TPSA) is 80.9 Å². The van der Waals surface area contributed by atoms with Gasteiger partial charge in [0.2, 0.25) is 5.88 Å². The maximum Gasteiger partial charge on any atom is 0.270 e. The predicted octanol–water partition coefficient (Wildman–Crippen LogP) is 2.89. The molecule has 9 heteroatoms. The number of ether oxygens (including phenoxy) is 1. The van der Waals surface area contributed by atoms with Gasteiger partial charge in [-0.1, -0.05) is 18.2 Å². The predicted molar refractivity (Wildman–Crippen MR) is 148 cm³/mol. The SMILES string of the molecule is COc1cccc(N2CCN(C(=O)c3cc(CN4CCN(c5ccccc5C#N)CC4)c(C)n3C)CC2)n1. The Labute approximate surface area is 224 Å². The van der Waals surface area contributed by atoms with Crippen LogP contribution in [-0.2, 0) is 13.6 Å². The van der Waals surface area contributed by atoms with Crippen molar-refractivity contribution in [1.82, 2.24) is 19.4 Å². The molecule has 2 aliphatic rings. The van der Waals surface area contributed by atoms with Gasteiger partial charge in [0.05, 0.1) is 18.4 Å². The van der Waals surface area contributed by atoms with Gasteiger partial charge in [-0.05, 0) is 36.8 Å². The van der Waals surface area contributed by atoms with Crippen LogP contribution in [0.1, 0.15) is 27.3 Å². The van der Waals surface area contributed by atoms with Gasteiger partial charge in [-0.2, -0.15) is 10.2 Å². The number of anilines is 2. The van der Waals surface area contributed by atoms with Crippen LogP contribution in [0.25, 0.3) is 0 Å². The lowest BCUT2D eigenvalue weighted by atomic mass is 10.1. The third-order valence-electron chi connectivity index (χ3n) is 7.80. The smallest absolute Gasteiger partial charge is 0.270 e. The number of methoxy groups -OCH3 is 1. The first kappa shape index (κ1) is 25.6. The Morgan fingerprint density at radius 1 is 0.974 bits per heavy atom. The molecule has 0 bridgehead atoms. The van der Waals surface area contributed by atoms with Crippen molar-refractivity contribution in [2.24, 2.45) is 7.05 Å². The largest absolute Gasteiger partial charge is 0.481 e. The highest BCUT2D eigenvalue weighted by Gasteiger charge is 2.27. The number of nitriles is 1. The fourth-order valence-electron chi connectivity index (χ4n) is 5.35. The molecule has 0 radical (unpaired) electrons. The van der Waals surface area contributed by atoms with Gasteiger partial charge in [0.25, 0.3) is 5.91 Å². The van der Waals surface area contributed by atoms with Crippen LogP contribution >= 0.6 is 0 Å². The van der Waals surface area contributed by atoms with Gasteiger partial charge in [0, 0.05) is 77.7 Å². The monoisotopic (exact) mass is 513 g/mol. The summed E-state index contributed by atoms with van der Waals surface area (Å²) in [5.41, 5.74) is 4.81. The second-order valence-corrected chi connectivity index (χ2v) is 9.91. The highest BCUT2D eigenvalue weighted by Crippen LogP contribution is 2.24. The molecule has 9 nitrogen and oxygen atoms in total. The summed E-state index contributed by atoms with van der Waals surface area (Å²) in [5.74, 6) is 1.56. The normalized spacial score (nSPS) is 16.4. The summed E-state index contributed by atoms with van der Waals surface area (Å²) in [7, 11) is 3.61. The van der Waals surface area contributed by atoms with E-state index < -0.39 is 0 Å². The minimum absolute atomic E-state index is 0.0815. The number of piperazine rings is 2. The number of pyridine rings is 1. The molecule has 198 valence electrons. The van der Waals surface area contributed by atoms with Crippen molar-refractivity contribution in [3.8, 4) is 11.9 Å². The second-order valence-electron chi connectivity index (χ2n) is 9.91. The van der Waals surface area contributed by atoms with Crippen LogP contribution in [0.2, 0.25) is 0 Å². The fraction of sp³-hybridized carbons (Fsp3) is 0.414. The number of benzene rings is 1. The molecule has 0 spiro atoms. The van der Waals surface area contributed by atoms with Gasteiger partial charge in [-0.25, -0.2) is 0 Å². The van der Waals surface area contributed by atoms with Gasteiger partial charge in [-0.3, -0.25) is 9.69 Å². The summed E-state index contributed by atoms with van der Waals surface area (Å²) in [5, 5.41) is 9.45. The zero-order valence-electron chi connectivity index (χ0n) is 22.4. The summed E-state index contributed by atoms with van der Waals surface area (Å²) in [6, 6.07) is 18.0. The lowest BCUT2D eigenvalue weighted by Crippen LogP contribution is -2.49. The summed E-state index contributed by atoms with van der Waals surface area (Å²) in [4.78, 5) is 26.9. The third-order valence-corrected chi connectivity index (χ3v) is 7.80. The Morgan fingerprint density at radius 3 is 2.39 bits per heavy atom. The Balaban J connectivity index is 1.19. The average Bonchev–Trinajstić information content (AvgIpc) is 3.25. The van der Waals surface area contributed by atoms with Crippen LogP contribution in [0.15, 0.2) is 48.5 Å². The molecule has 0 unspecified atom stereocenters. The number of carbonyl (C=O) groups excluding carboxylic acids is 1. The van der Waals surface area contributed by atoms with E-state index in [1.54, 1.807) is 7.11 Å². The van der Waals surface area contributed by atoms with Crippen LogP contribution in [0.4, 0.5) is 11.5 Å². The van der Waals surface area contributed by atoms with E-state index >= 15 is 0 Å². The standard InChI is InChI=1S/C29H35N7O2/c1-22-24(21-33-11-13-34(14-12-33)25-8-5-4-7-23(25)20-30)19-26(32(22)2)29(37)36-17-15-35(16-18-36)27-9-6-10-28(31-27)38-3/h4-10,19H,11-18,21H2,1-3H3. The third kappa shape index (κ3) is 5.18. The Kier molecular flexibility index (Phi) is 7.52. The summed E-state index contributed by atoms with van der Waals surface area (Å²) in [6.07, 6.45) is 0. The zero-order valence-corrected chi connectivity index (χ0v) is 22.4. The summed E-state index contributed by atoms with van der Waals surface area (Å²) in [6.45, 7) is 9.28. The minimum Gasteiger partial charge on any atom is -0.481 e. The molecule has 5 rings (SSSR count). The number of amides is 1. The van der Waals surface area contributed by atoms with Crippen LogP contribution < -0.4 is 14.5 Å². The first-order chi connectivity index (χ1) is 18.5. The lowest BCUT2D eigenvalue weighted by molar-refractivity contribution is 0.0736. The van der Waals surface area contributed by atoms with E-state index in [0.717, 1.165) is 74.3 Å². The van der Waals surface area contributed by atoms with Crippen molar-refractivity contribution in [3.63, 3.8) is 0 Å². The van der Waals surface area contributed by atoms with Crippen molar-refractivity contribution in [1.29, 1.82) is 5.26 Å². The van der Waals surface area contributed by atoms with Crippen molar-refractivity contribution >= 4 is 17.4 Å². The summed E-state index contributed by atoms with van der Waals surface area (Å²) < 4.78 is 7.29. The van der Waals surface area contributed by atoms with Crippen molar-refractivity contribution < 1.29 is 9.53 Å². The molecule has 0 aliphatic carbocycles. The first-order valence-corrected chi connectivity index (χ1v) is 13.2. The molecule has 4 heterocycles. The van der Waals surface area contributed by atoms with Gasteiger partial charge >= 0.3 is 0 Å². The molecule has 0 atom stereocenters. The van der Waals surface area contributed by atoms with Crippen LogP contribution in [0, 0.1) is 18.3 Å². The molecule has 2 saturated heterocycles. The zero-order chi connectivity index (χ0) is 26.6.